The van der Waals surface area contributed by atoms with Crippen LogP contribution in [-0.2, 0) is 21.4 Å². The molecule has 5 rings (SSSR count). The van der Waals surface area contributed by atoms with Crippen LogP contribution in [0.3, 0.4) is 0 Å². The van der Waals surface area contributed by atoms with Crippen molar-refractivity contribution in [3.63, 3.8) is 0 Å². The molecular weight excluding hydrogens is 649 g/mol. The number of nitrogens with one attached hydrogen (secondary N) is 2. The zero-order chi connectivity index (χ0) is 35.8. The van der Waals surface area contributed by atoms with Crippen LogP contribution < -0.4 is 21.3 Å². The first-order valence-corrected chi connectivity index (χ1v) is 19.1. The van der Waals surface area contributed by atoms with Crippen molar-refractivity contribution in [1.29, 1.82) is 0 Å². The molecule has 270 valence electrons. The van der Waals surface area contributed by atoms with E-state index in [0.717, 1.165) is 52.5 Å². The molecule has 0 radical (unpaired) electrons. The number of thiophene rings is 1. The summed E-state index contributed by atoms with van der Waals surface area (Å²) in [5.41, 5.74) is 8.14. The maximum atomic E-state index is 13.3. The lowest BCUT2D eigenvalue weighted by molar-refractivity contribution is -0.141. The Morgan fingerprint density at radius 3 is 2.12 bits per heavy atom. The number of nitrogens with zero attached hydrogens (tertiary/aromatic N) is 3. The third-order valence-electron chi connectivity index (χ3n) is 10.5. The van der Waals surface area contributed by atoms with Crippen molar-refractivity contribution in [3.05, 3.63) is 64.1 Å². The third kappa shape index (κ3) is 9.69. The van der Waals surface area contributed by atoms with Crippen molar-refractivity contribution in [2.45, 2.75) is 103 Å². The summed E-state index contributed by atoms with van der Waals surface area (Å²) < 4.78 is 0. The molecule has 2 aromatic heterocycles. The van der Waals surface area contributed by atoms with Crippen LogP contribution in [0.4, 0.5) is 5.69 Å². The van der Waals surface area contributed by atoms with Crippen molar-refractivity contribution < 1.29 is 19.5 Å². The number of benzene rings is 1. The number of carboxylic acids is 1. The van der Waals surface area contributed by atoms with Gasteiger partial charge in [0.15, 0.2) is 5.82 Å². The van der Waals surface area contributed by atoms with Gasteiger partial charge >= 0.3 is 5.97 Å². The maximum absolute atomic E-state index is 13.3. The van der Waals surface area contributed by atoms with E-state index in [0.29, 0.717) is 10.7 Å². The summed E-state index contributed by atoms with van der Waals surface area (Å²) in [6.07, 6.45) is 14.8. The van der Waals surface area contributed by atoms with Crippen molar-refractivity contribution in [1.82, 2.24) is 20.6 Å². The van der Waals surface area contributed by atoms with Crippen LogP contribution >= 0.6 is 11.3 Å². The van der Waals surface area contributed by atoms with E-state index in [-0.39, 0.29) is 18.4 Å². The number of rotatable bonds is 13. The Morgan fingerprint density at radius 1 is 0.920 bits per heavy atom. The molecule has 0 bridgehead atoms. The second kappa shape index (κ2) is 16.9. The average molecular weight is 703 g/mol. The lowest BCUT2D eigenvalue weighted by Gasteiger charge is -2.39. The summed E-state index contributed by atoms with van der Waals surface area (Å²) >= 11 is 1.37. The Labute approximate surface area is 300 Å². The molecule has 3 aromatic rings. The first-order valence-electron chi connectivity index (χ1n) is 18.3. The number of aliphatic carboxylic acids is 1. The van der Waals surface area contributed by atoms with Gasteiger partial charge in [-0.25, -0.2) is 14.8 Å². The predicted octanol–water partition coefficient (Wildman–Crippen LogP) is 6.19. The summed E-state index contributed by atoms with van der Waals surface area (Å²) in [6.45, 7) is 10.3. The summed E-state index contributed by atoms with van der Waals surface area (Å²) in [5, 5.41) is 14.7. The molecule has 2 atom stereocenters. The summed E-state index contributed by atoms with van der Waals surface area (Å²) in [7, 11) is 0. The van der Waals surface area contributed by atoms with Gasteiger partial charge in [0.1, 0.15) is 12.1 Å². The van der Waals surface area contributed by atoms with Crippen LogP contribution in [-0.4, -0.2) is 64.6 Å². The summed E-state index contributed by atoms with van der Waals surface area (Å²) in [5.74, 6) is 1.04. The van der Waals surface area contributed by atoms with Crippen LogP contribution in [0.5, 0.6) is 0 Å². The molecule has 2 amide bonds. The molecule has 50 heavy (non-hydrogen) atoms. The molecule has 1 saturated heterocycles. The second-order valence-corrected chi connectivity index (χ2v) is 16.2. The summed E-state index contributed by atoms with van der Waals surface area (Å²) in [4.78, 5) is 51.4. The fourth-order valence-corrected chi connectivity index (χ4v) is 8.41. The number of hydrogen-bond acceptors (Lipinski definition) is 8. The highest BCUT2D eigenvalue weighted by atomic mass is 32.1. The molecule has 0 unspecified atom stereocenters. The van der Waals surface area contributed by atoms with E-state index in [1.165, 1.54) is 62.7 Å². The van der Waals surface area contributed by atoms with Crippen molar-refractivity contribution in [3.8, 4) is 11.4 Å². The minimum atomic E-state index is -1.26. The van der Waals surface area contributed by atoms with Gasteiger partial charge in [0, 0.05) is 36.5 Å². The monoisotopic (exact) mass is 702 g/mol. The quantitative estimate of drug-likeness (QED) is 0.165. The highest BCUT2D eigenvalue weighted by molar-refractivity contribution is 7.14. The Bertz CT molecular complexity index is 1570. The standard InChI is InChI=1S/C39H54N6O4S/c1-5-6-25-7-11-27(12-8-25)28-17-19-45(20-18-28)30-23-41-35(42-24-30)29-13-9-26(10-14-29)21-31(36(46)44-32(22-40)38(48)49)43-37(47)33-15-16-34(50-33)39(2,3)4/h9-10,13-16,23-25,27-28,31-32H,5-8,11-12,17-22,40H2,1-4H3,(H,43,47)(H,44,46)(H,48,49)/t25?,27?,31-,32-/m0/s1. The van der Waals surface area contributed by atoms with Gasteiger partial charge in [-0.3, -0.25) is 9.59 Å². The van der Waals surface area contributed by atoms with E-state index >= 15 is 0 Å². The van der Waals surface area contributed by atoms with Crippen LogP contribution in [0.25, 0.3) is 11.4 Å². The largest absolute Gasteiger partial charge is 0.480 e. The minimum absolute atomic E-state index is 0.120. The average Bonchev–Trinajstić information content (AvgIpc) is 3.63. The number of nitrogens with two attached hydrogens (primary N) is 1. The zero-order valence-electron chi connectivity index (χ0n) is 30.0. The van der Waals surface area contributed by atoms with Gasteiger partial charge in [0.05, 0.1) is 23.0 Å². The van der Waals surface area contributed by atoms with Gasteiger partial charge < -0.3 is 26.4 Å². The van der Waals surface area contributed by atoms with E-state index < -0.39 is 29.9 Å². The van der Waals surface area contributed by atoms with Crippen LogP contribution in [0.1, 0.15) is 99.2 Å². The van der Waals surface area contributed by atoms with Crippen LogP contribution in [0.2, 0.25) is 0 Å². The normalized spacial score (nSPS) is 19.8. The van der Waals surface area contributed by atoms with E-state index in [9.17, 15) is 19.5 Å². The number of piperidine rings is 1. The van der Waals surface area contributed by atoms with E-state index in [1.807, 2.05) is 42.7 Å². The molecule has 3 heterocycles. The van der Waals surface area contributed by atoms with Gasteiger partial charge in [0.2, 0.25) is 5.91 Å². The van der Waals surface area contributed by atoms with Crippen molar-refractivity contribution >= 4 is 34.8 Å². The van der Waals surface area contributed by atoms with Crippen molar-refractivity contribution in [2.75, 3.05) is 24.5 Å². The molecule has 0 spiro atoms. The van der Waals surface area contributed by atoms with Gasteiger partial charge in [-0.05, 0) is 66.5 Å². The second-order valence-electron chi connectivity index (χ2n) is 15.1. The molecule has 10 nitrogen and oxygen atoms in total. The van der Waals surface area contributed by atoms with E-state index in [2.05, 4.69) is 53.2 Å². The Hall–Kier alpha value is -3.83. The molecule has 11 heteroatoms. The minimum Gasteiger partial charge on any atom is -0.480 e. The Morgan fingerprint density at radius 2 is 1.56 bits per heavy atom. The lowest BCUT2D eigenvalue weighted by Crippen LogP contribution is -2.54. The van der Waals surface area contributed by atoms with Gasteiger partial charge in [-0.1, -0.05) is 77.6 Å². The zero-order valence-corrected chi connectivity index (χ0v) is 30.8. The fourth-order valence-electron chi connectivity index (χ4n) is 7.44. The predicted molar refractivity (Wildman–Crippen MR) is 199 cm³/mol. The molecule has 5 N–H and O–H groups in total. The van der Waals surface area contributed by atoms with Gasteiger partial charge in [-0.15, -0.1) is 11.3 Å². The highest BCUT2D eigenvalue weighted by Gasteiger charge is 2.31. The highest BCUT2D eigenvalue weighted by Crippen LogP contribution is 2.39. The fraction of sp³-hybridized carbons (Fsp3) is 0.564. The topological polar surface area (TPSA) is 151 Å². The van der Waals surface area contributed by atoms with E-state index in [1.54, 1.807) is 6.07 Å². The van der Waals surface area contributed by atoms with Gasteiger partial charge in [0.25, 0.3) is 5.91 Å². The van der Waals surface area contributed by atoms with E-state index in [4.69, 9.17) is 5.73 Å². The number of aromatic nitrogens is 2. The lowest BCUT2D eigenvalue weighted by atomic mass is 9.72. The number of carbonyl (C=O) groups is 3. The molecule has 1 aliphatic carbocycles. The van der Waals surface area contributed by atoms with Crippen LogP contribution in [0, 0.1) is 17.8 Å². The molecule has 1 aliphatic heterocycles. The third-order valence-corrected chi connectivity index (χ3v) is 12.0. The first-order chi connectivity index (χ1) is 23.9. The summed E-state index contributed by atoms with van der Waals surface area (Å²) in [6, 6.07) is 8.93. The van der Waals surface area contributed by atoms with Crippen LogP contribution in [0.15, 0.2) is 48.8 Å². The number of amides is 2. The molecular formula is C39H54N6O4S. The Balaban J connectivity index is 1.20. The number of anilines is 1. The molecule has 1 saturated carbocycles. The van der Waals surface area contributed by atoms with Crippen molar-refractivity contribution in [2.24, 2.45) is 23.5 Å². The first kappa shape index (κ1) is 37.4. The number of hydrogen-bond donors (Lipinski definition) is 4. The number of carbonyl (C=O) groups excluding carboxylic acids is 2. The molecule has 1 aromatic carbocycles. The molecule has 2 aliphatic rings. The Kier molecular flexibility index (Phi) is 12.7. The SMILES string of the molecule is CCCC1CCC(C2CCN(c3cnc(-c4ccc(C[C@H](NC(=O)c5ccc(C(C)(C)C)s5)C(=O)N[C@@H](CN)C(=O)O)cc4)nc3)CC2)CC1. The maximum Gasteiger partial charge on any atom is 0.327 e. The molecule has 2 fully saturated rings. The van der Waals surface area contributed by atoms with Gasteiger partial charge in [-0.2, -0.15) is 0 Å². The number of carboxylic acid groups (broad SMARTS) is 1. The smallest absolute Gasteiger partial charge is 0.327 e.